The van der Waals surface area contributed by atoms with E-state index < -0.39 is 0 Å². The lowest BCUT2D eigenvalue weighted by Crippen LogP contribution is -2.34. The summed E-state index contributed by atoms with van der Waals surface area (Å²) in [5, 5.41) is 4.27. The molecule has 0 atom stereocenters. The van der Waals surface area contributed by atoms with Crippen LogP contribution in [0.3, 0.4) is 0 Å². The van der Waals surface area contributed by atoms with Crippen molar-refractivity contribution in [1.82, 2.24) is 10.3 Å². The van der Waals surface area contributed by atoms with Crippen molar-refractivity contribution in [3.05, 3.63) is 41.0 Å². The van der Waals surface area contributed by atoms with Crippen LogP contribution in [0, 0.1) is 5.41 Å². The summed E-state index contributed by atoms with van der Waals surface area (Å²) in [6, 6.07) is 9.23. The molecule has 21 heavy (non-hydrogen) atoms. The van der Waals surface area contributed by atoms with Crippen molar-refractivity contribution in [3.63, 3.8) is 0 Å². The van der Waals surface area contributed by atoms with E-state index in [2.05, 4.69) is 17.2 Å². The number of amides is 1. The number of benzene rings is 1. The summed E-state index contributed by atoms with van der Waals surface area (Å²) in [5.74, 6) is -0.0661. The molecule has 1 aromatic heterocycles. The third-order valence-corrected chi connectivity index (χ3v) is 4.61. The molecule has 0 unspecified atom stereocenters. The standard InChI is InChI=1S/C17H19ClN2O/c1-17(8-4-5-9-17)11-19-16(21)13-10-15(18)20-14-7-3-2-6-12(13)14/h2-3,6-7,10H,4-5,8-9,11H2,1H3,(H,19,21). The Bertz CT molecular complexity index is 678. The maximum absolute atomic E-state index is 12.5. The predicted molar refractivity (Wildman–Crippen MR) is 85.7 cm³/mol. The van der Waals surface area contributed by atoms with Gasteiger partial charge in [0, 0.05) is 11.9 Å². The van der Waals surface area contributed by atoms with Crippen molar-refractivity contribution in [2.45, 2.75) is 32.6 Å². The molecule has 4 heteroatoms. The number of aromatic nitrogens is 1. The number of rotatable bonds is 3. The Kier molecular flexibility index (Phi) is 3.85. The van der Waals surface area contributed by atoms with Crippen molar-refractivity contribution in [1.29, 1.82) is 0 Å². The monoisotopic (exact) mass is 302 g/mol. The molecule has 1 aromatic carbocycles. The molecule has 0 radical (unpaired) electrons. The van der Waals surface area contributed by atoms with E-state index in [0.717, 1.165) is 17.4 Å². The van der Waals surface area contributed by atoms with E-state index in [1.54, 1.807) is 6.07 Å². The second-order valence-electron chi connectivity index (χ2n) is 6.21. The Labute approximate surface area is 129 Å². The molecule has 1 fully saturated rings. The zero-order valence-electron chi connectivity index (χ0n) is 12.2. The van der Waals surface area contributed by atoms with Crippen molar-refractivity contribution in [2.24, 2.45) is 5.41 Å². The number of halogens is 1. The Balaban J connectivity index is 1.84. The van der Waals surface area contributed by atoms with Crippen LogP contribution < -0.4 is 5.32 Å². The van der Waals surface area contributed by atoms with Gasteiger partial charge in [0.2, 0.25) is 0 Å². The molecule has 1 heterocycles. The van der Waals surface area contributed by atoms with Crippen LogP contribution in [0.4, 0.5) is 0 Å². The van der Waals surface area contributed by atoms with Gasteiger partial charge in [-0.25, -0.2) is 4.98 Å². The van der Waals surface area contributed by atoms with Gasteiger partial charge in [-0.2, -0.15) is 0 Å². The highest BCUT2D eigenvalue weighted by atomic mass is 35.5. The largest absolute Gasteiger partial charge is 0.351 e. The number of carbonyl (C=O) groups is 1. The summed E-state index contributed by atoms with van der Waals surface area (Å²) in [6.07, 6.45) is 4.89. The van der Waals surface area contributed by atoms with Crippen LogP contribution in [0.5, 0.6) is 0 Å². The average molecular weight is 303 g/mol. The summed E-state index contributed by atoms with van der Waals surface area (Å²) in [4.78, 5) is 16.8. The van der Waals surface area contributed by atoms with E-state index in [-0.39, 0.29) is 11.3 Å². The number of fused-ring (bicyclic) bond motifs is 1. The fourth-order valence-electron chi connectivity index (χ4n) is 3.13. The van der Waals surface area contributed by atoms with Crippen molar-refractivity contribution in [2.75, 3.05) is 6.54 Å². The first kappa shape index (κ1) is 14.3. The molecular formula is C17H19ClN2O. The van der Waals surface area contributed by atoms with Gasteiger partial charge < -0.3 is 5.32 Å². The zero-order chi connectivity index (χ0) is 14.9. The van der Waals surface area contributed by atoms with Gasteiger partial charge in [-0.1, -0.05) is 49.6 Å². The van der Waals surface area contributed by atoms with E-state index in [1.165, 1.54) is 25.7 Å². The molecule has 1 amide bonds. The minimum Gasteiger partial charge on any atom is -0.351 e. The summed E-state index contributed by atoms with van der Waals surface area (Å²) in [6.45, 7) is 2.97. The van der Waals surface area contributed by atoms with E-state index in [0.29, 0.717) is 10.7 Å². The van der Waals surface area contributed by atoms with Crippen LogP contribution in [0.15, 0.2) is 30.3 Å². The topological polar surface area (TPSA) is 42.0 Å². The zero-order valence-corrected chi connectivity index (χ0v) is 12.9. The maximum Gasteiger partial charge on any atom is 0.252 e. The normalized spacial score (nSPS) is 17.0. The molecule has 1 aliphatic rings. The minimum atomic E-state index is -0.0661. The molecule has 1 saturated carbocycles. The minimum absolute atomic E-state index is 0.0661. The first-order chi connectivity index (χ1) is 10.1. The highest BCUT2D eigenvalue weighted by Gasteiger charge is 2.29. The Morgan fingerprint density at radius 2 is 2.05 bits per heavy atom. The molecule has 1 N–H and O–H groups in total. The molecule has 0 bridgehead atoms. The summed E-state index contributed by atoms with van der Waals surface area (Å²) >= 11 is 6.03. The van der Waals surface area contributed by atoms with Crippen molar-refractivity contribution < 1.29 is 4.79 Å². The van der Waals surface area contributed by atoms with Gasteiger partial charge in [0.1, 0.15) is 5.15 Å². The molecular weight excluding hydrogens is 284 g/mol. The highest BCUT2D eigenvalue weighted by molar-refractivity contribution is 6.30. The molecule has 3 rings (SSSR count). The van der Waals surface area contributed by atoms with Gasteiger partial charge in [-0.3, -0.25) is 4.79 Å². The van der Waals surface area contributed by atoms with Crippen LogP contribution in [-0.2, 0) is 0 Å². The lowest BCUT2D eigenvalue weighted by atomic mass is 9.89. The van der Waals surface area contributed by atoms with Crippen LogP contribution in [0.1, 0.15) is 43.0 Å². The van der Waals surface area contributed by atoms with Gasteiger partial charge in [-0.15, -0.1) is 0 Å². The van der Waals surface area contributed by atoms with E-state index in [4.69, 9.17) is 11.6 Å². The van der Waals surface area contributed by atoms with Gasteiger partial charge in [-0.05, 0) is 30.4 Å². The SMILES string of the molecule is CC1(CNC(=O)c2cc(Cl)nc3ccccc23)CCCC1. The van der Waals surface area contributed by atoms with E-state index >= 15 is 0 Å². The van der Waals surface area contributed by atoms with Crippen LogP contribution in [-0.4, -0.2) is 17.4 Å². The number of nitrogens with zero attached hydrogens (tertiary/aromatic N) is 1. The quantitative estimate of drug-likeness (QED) is 0.863. The smallest absolute Gasteiger partial charge is 0.252 e. The number of pyridine rings is 1. The third-order valence-electron chi connectivity index (χ3n) is 4.42. The molecule has 0 saturated heterocycles. The number of hydrogen-bond donors (Lipinski definition) is 1. The first-order valence-electron chi connectivity index (χ1n) is 7.41. The predicted octanol–water partition coefficient (Wildman–Crippen LogP) is 4.20. The lowest BCUT2D eigenvalue weighted by Gasteiger charge is -2.23. The molecule has 1 aliphatic carbocycles. The third kappa shape index (κ3) is 3.03. The number of hydrogen-bond acceptors (Lipinski definition) is 2. The number of para-hydroxylation sites is 1. The Morgan fingerprint density at radius 1 is 1.33 bits per heavy atom. The molecule has 0 aliphatic heterocycles. The Hall–Kier alpha value is -1.61. The number of carbonyl (C=O) groups excluding carboxylic acids is 1. The molecule has 0 spiro atoms. The lowest BCUT2D eigenvalue weighted by molar-refractivity contribution is 0.0936. The highest BCUT2D eigenvalue weighted by Crippen LogP contribution is 2.36. The van der Waals surface area contributed by atoms with Crippen LogP contribution in [0.25, 0.3) is 10.9 Å². The fourth-order valence-corrected chi connectivity index (χ4v) is 3.33. The number of nitrogens with one attached hydrogen (secondary N) is 1. The van der Waals surface area contributed by atoms with E-state index in [1.807, 2.05) is 24.3 Å². The maximum atomic E-state index is 12.5. The van der Waals surface area contributed by atoms with E-state index in [9.17, 15) is 4.79 Å². The van der Waals surface area contributed by atoms with Crippen molar-refractivity contribution in [3.8, 4) is 0 Å². The molecule has 110 valence electrons. The second-order valence-corrected chi connectivity index (χ2v) is 6.60. The molecule has 2 aromatic rings. The van der Waals surface area contributed by atoms with Crippen LogP contribution in [0.2, 0.25) is 5.15 Å². The summed E-state index contributed by atoms with van der Waals surface area (Å²) in [7, 11) is 0. The van der Waals surface area contributed by atoms with Gasteiger partial charge in [0.05, 0.1) is 11.1 Å². The van der Waals surface area contributed by atoms with Gasteiger partial charge in [0.15, 0.2) is 0 Å². The second kappa shape index (κ2) is 5.64. The fraction of sp³-hybridized carbons (Fsp3) is 0.412. The van der Waals surface area contributed by atoms with Crippen molar-refractivity contribution >= 4 is 28.4 Å². The first-order valence-corrected chi connectivity index (χ1v) is 7.79. The molecule has 3 nitrogen and oxygen atoms in total. The summed E-state index contributed by atoms with van der Waals surface area (Å²) in [5.41, 5.74) is 1.59. The van der Waals surface area contributed by atoms with Gasteiger partial charge in [0.25, 0.3) is 5.91 Å². The Morgan fingerprint density at radius 3 is 2.81 bits per heavy atom. The van der Waals surface area contributed by atoms with Gasteiger partial charge >= 0.3 is 0 Å². The summed E-state index contributed by atoms with van der Waals surface area (Å²) < 4.78 is 0. The van der Waals surface area contributed by atoms with Crippen LogP contribution >= 0.6 is 11.6 Å². The average Bonchev–Trinajstić information content (AvgIpc) is 2.91.